The Kier molecular flexibility index (Phi) is 6.80. The van der Waals surface area contributed by atoms with Crippen LogP contribution in [0.5, 0.6) is 0 Å². The minimum atomic E-state index is -2.02. The molecule has 0 aromatic carbocycles. The summed E-state index contributed by atoms with van der Waals surface area (Å²) in [7, 11) is 0. The standard InChI is InChI=1S/C8H17NO3S/c1-3-9(4-2)8(10)6-5-7-13(11)12/h3-7H2,1-2H3,(H,11,12)/p-1. The maximum atomic E-state index is 11.3. The van der Waals surface area contributed by atoms with Crippen molar-refractivity contribution in [2.24, 2.45) is 0 Å². The fourth-order valence-electron chi connectivity index (χ4n) is 1.08. The summed E-state index contributed by atoms with van der Waals surface area (Å²) in [6.45, 7) is 5.20. The third-order valence-electron chi connectivity index (χ3n) is 1.82. The quantitative estimate of drug-likeness (QED) is 0.595. The second-order valence-corrected chi connectivity index (χ2v) is 3.69. The lowest BCUT2D eigenvalue weighted by atomic mass is 10.3. The largest absolute Gasteiger partial charge is 0.772 e. The molecule has 0 radical (unpaired) electrons. The van der Waals surface area contributed by atoms with Gasteiger partial charge in [0, 0.05) is 25.3 Å². The highest BCUT2D eigenvalue weighted by molar-refractivity contribution is 7.79. The summed E-state index contributed by atoms with van der Waals surface area (Å²) < 4.78 is 20.3. The van der Waals surface area contributed by atoms with Crippen LogP contribution in [0, 0.1) is 0 Å². The molecule has 0 heterocycles. The minimum absolute atomic E-state index is 0.0375. The zero-order valence-electron chi connectivity index (χ0n) is 8.12. The van der Waals surface area contributed by atoms with E-state index in [1.807, 2.05) is 13.8 Å². The average molecular weight is 206 g/mol. The van der Waals surface area contributed by atoms with Crippen LogP contribution in [-0.2, 0) is 15.9 Å². The number of carbonyl (C=O) groups is 1. The first kappa shape index (κ1) is 12.6. The van der Waals surface area contributed by atoms with Gasteiger partial charge in [-0.15, -0.1) is 0 Å². The van der Waals surface area contributed by atoms with Gasteiger partial charge in [-0.2, -0.15) is 0 Å². The van der Waals surface area contributed by atoms with E-state index in [0.29, 0.717) is 25.9 Å². The summed E-state index contributed by atoms with van der Waals surface area (Å²) in [5.41, 5.74) is 0. The van der Waals surface area contributed by atoms with E-state index in [1.54, 1.807) is 4.90 Å². The highest BCUT2D eigenvalue weighted by Gasteiger charge is 2.07. The van der Waals surface area contributed by atoms with Crippen molar-refractivity contribution >= 4 is 17.0 Å². The Morgan fingerprint density at radius 3 is 2.31 bits per heavy atom. The van der Waals surface area contributed by atoms with Crippen LogP contribution in [0.3, 0.4) is 0 Å². The highest BCUT2D eigenvalue weighted by Crippen LogP contribution is 1.98. The van der Waals surface area contributed by atoms with Crippen LogP contribution < -0.4 is 0 Å². The van der Waals surface area contributed by atoms with E-state index in [2.05, 4.69) is 0 Å². The van der Waals surface area contributed by atoms with Crippen molar-refractivity contribution in [3.63, 3.8) is 0 Å². The molecular formula is C8H16NO3S-. The number of hydrogen-bond acceptors (Lipinski definition) is 3. The molecule has 5 heteroatoms. The smallest absolute Gasteiger partial charge is 0.222 e. The summed E-state index contributed by atoms with van der Waals surface area (Å²) in [5, 5.41) is 0. The van der Waals surface area contributed by atoms with E-state index in [9.17, 15) is 13.6 Å². The molecule has 1 unspecified atom stereocenters. The molecule has 0 aromatic rings. The van der Waals surface area contributed by atoms with Gasteiger partial charge in [-0.3, -0.25) is 9.00 Å². The van der Waals surface area contributed by atoms with Crippen LogP contribution >= 0.6 is 0 Å². The number of hydrogen-bond donors (Lipinski definition) is 0. The first-order chi connectivity index (χ1) is 6.11. The molecule has 0 rings (SSSR count). The number of carbonyl (C=O) groups excluding carboxylic acids is 1. The van der Waals surface area contributed by atoms with Crippen molar-refractivity contribution in [1.82, 2.24) is 4.90 Å². The summed E-state index contributed by atoms with van der Waals surface area (Å²) in [4.78, 5) is 13.0. The average Bonchev–Trinajstić information content (AvgIpc) is 2.05. The fraction of sp³-hybridized carbons (Fsp3) is 0.875. The van der Waals surface area contributed by atoms with Gasteiger partial charge in [-0.25, -0.2) is 0 Å². The first-order valence-electron chi connectivity index (χ1n) is 4.45. The molecule has 1 amide bonds. The van der Waals surface area contributed by atoms with E-state index in [-0.39, 0.29) is 11.7 Å². The topological polar surface area (TPSA) is 60.4 Å². The van der Waals surface area contributed by atoms with Crippen LogP contribution in [0.25, 0.3) is 0 Å². The Morgan fingerprint density at radius 1 is 1.38 bits per heavy atom. The van der Waals surface area contributed by atoms with Crippen molar-refractivity contribution < 1.29 is 13.6 Å². The van der Waals surface area contributed by atoms with Crippen LogP contribution in [0.4, 0.5) is 0 Å². The molecule has 13 heavy (non-hydrogen) atoms. The molecule has 78 valence electrons. The monoisotopic (exact) mass is 206 g/mol. The molecule has 0 aliphatic rings. The summed E-state index contributed by atoms with van der Waals surface area (Å²) in [5.74, 6) is 0.114. The normalized spacial score (nSPS) is 12.5. The molecule has 0 bridgehead atoms. The predicted octanol–water partition coefficient (Wildman–Crippen LogP) is 0.514. The van der Waals surface area contributed by atoms with E-state index >= 15 is 0 Å². The lowest BCUT2D eigenvalue weighted by molar-refractivity contribution is -0.130. The lowest BCUT2D eigenvalue weighted by Gasteiger charge is -2.18. The molecular weight excluding hydrogens is 190 g/mol. The third-order valence-corrected chi connectivity index (χ3v) is 2.44. The second kappa shape index (κ2) is 7.03. The maximum absolute atomic E-state index is 11.3. The molecule has 0 fully saturated rings. The van der Waals surface area contributed by atoms with Crippen molar-refractivity contribution in [2.45, 2.75) is 26.7 Å². The Morgan fingerprint density at radius 2 is 1.92 bits per heavy atom. The zero-order chi connectivity index (χ0) is 10.3. The van der Waals surface area contributed by atoms with Gasteiger partial charge in [-0.05, 0) is 20.3 Å². The van der Waals surface area contributed by atoms with Crippen molar-refractivity contribution in [2.75, 3.05) is 18.8 Å². The van der Waals surface area contributed by atoms with E-state index in [4.69, 9.17) is 0 Å². The van der Waals surface area contributed by atoms with Gasteiger partial charge in [-0.1, -0.05) is 11.1 Å². The fourth-order valence-corrected chi connectivity index (χ4v) is 1.46. The SMILES string of the molecule is CCN(CC)C(=O)CCCS(=O)[O-]. The van der Waals surface area contributed by atoms with E-state index < -0.39 is 11.1 Å². The van der Waals surface area contributed by atoms with Gasteiger partial charge in [0.25, 0.3) is 0 Å². The zero-order valence-corrected chi connectivity index (χ0v) is 8.93. The van der Waals surface area contributed by atoms with Gasteiger partial charge < -0.3 is 9.45 Å². The van der Waals surface area contributed by atoms with E-state index in [0.717, 1.165) is 0 Å². The summed E-state index contributed by atoms with van der Waals surface area (Å²) in [6.07, 6.45) is 0.751. The van der Waals surface area contributed by atoms with Crippen LogP contribution in [-0.4, -0.2) is 38.4 Å². The molecule has 0 saturated carbocycles. The molecule has 0 aliphatic heterocycles. The lowest BCUT2D eigenvalue weighted by Crippen LogP contribution is -2.30. The molecule has 0 aromatic heterocycles. The second-order valence-electron chi connectivity index (χ2n) is 2.68. The van der Waals surface area contributed by atoms with Crippen LogP contribution in [0.2, 0.25) is 0 Å². The summed E-state index contributed by atoms with van der Waals surface area (Å²) >= 11 is -2.02. The third kappa shape index (κ3) is 5.76. The minimum Gasteiger partial charge on any atom is -0.772 e. The number of rotatable bonds is 6. The van der Waals surface area contributed by atoms with Gasteiger partial charge >= 0.3 is 0 Å². The number of amides is 1. The molecule has 0 saturated heterocycles. The molecule has 0 spiro atoms. The van der Waals surface area contributed by atoms with E-state index in [1.165, 1.54) is 0 Å². The van der Waals surface area contributed by atoms with Crippen molar-refractivity contribution in [3.8, 4) is 0 Å². The van der Waals surface area contributed by atoms with Gasteiger partial charge in [0.15, 0.2) is 0 Å². The highest BCUT2D eigenvalue weighted by atomic mass is 32.2. The van der Waals surface area contributed by atoms with Gasteiger partial charge in [0.2, 0.25) is 5.91 Å². The summed E-state index contributed by atoms with van der Waals surface area (Å²) in [6, 6.07) is 0. The Balaban J connectivity index is 3.66. The molecule has 0 N–H and O–H groups in total. The van der Waals surface area contributed by atoms with Crippen LogP contribution in [0.1, 0.15) is 26.7 Å². The number of nitrogens with zero attached hydrogens (tertiary/aromatic N) is 1. The molecule has 4 nitrogen and oxygen atoms in total. The Hall–Kier alpha value is -0.420. The van der Waals surface area contributed by atoms with Crippen molar-refractivity contribution in [1.29, 1.82) is 0 Å². The molecule has 0 aliphatic carbocycles. The van der Waals surface area contributed by atoms with Gasteiger partial charge in [0.1, 0.15) is 0 Å². The molecule has 1 atom stereocenters. The van der Waals surface area contributed by atoms with Crippen molar-refractivity contribution in [3.05, 3.63) is 0 Å². The predicted molar refractivity (Wildman–Crippen MR) is 50.9 cm³/mol. The van der Waals surface area contributed by atoms with Crippen LogP contribution in [0.15, 0.2) is 0 Å². The van der Waals surface area contributed by atoms with Gasteiger partial charge in [0.05, 0.1) is 0 Å². The Bertz CT molecular complexity index is 180. The Labute approximate surface area is 81.6 Å². The maximum Gasteiger partial charge on any atom is 0.222 e. The first-order valence-corrected chi connectivity index (χ1v) is 5.69.